The molecule has 1 saturated carbocycles. The van der Waals surface area contributed by atoms with Crippen LogP contribution in [0.2, 0.25) is 0 Å². The van der Waals surface area contributed by atoms with Crippen LogP contribution in [0.25, 0.3) is 4.96 Å². The first-order chi connectivity index (χ1) is 11.3. The zero-order valence-corrected chi connectivity index (χ0v) is 14.8. The molecule has 2 fully saturated rings. The maximum Gasteiger partial charge on any atom is 0.214 e. The number of hydrogen-bond acceptors (Lipinski definition) is 5. The Bertz CT molecular complexity index is 603. The molecular weight excluding hydrogens is 306 g/mol. The average molecular weight is 334 g/mol. The summed E-state index contributed by atoms with van der Waals surface area (Å²) in [5, 5.41) is 9.22. The van der Waals surface area contributed by atoms with Crippen LogP contribution in [0.5, 0.6) is 0 Å². The molecule has 1 saturated heterocycles. The van der Waals surface area contributed by atoms with Crippen LogP contribution < -0.4 is 5.32 Å². The molecule has 5 nitrogen and oxygen atoms in total. The van der Waals surface area contributed by atoms with Crippen LogP contribution in [0.3, 0.4) is 0 Å². The molecule has 0 atom stereocenters. The van der Waals surface area contributed by atoms with Gasteiger partial charge in [0.15, 0.2) is 0 Å². The summed E-state index contributed by atoms with van der Waals surface area (Å²) in [6.45, 7) is 5.80. The fraction of sp³-hybridized carbons (Fsp3) is 0.765. The maximum absolute atomic E-state index is 4.59. The highest BCUT2D eigenvalue weighted by Gasteiger charge is 2.23. The topological polar surface area (TPSA) is 45.5 Å². The van der Waals surface area contributed by atoms with Crippen LogP contribution in [0.4, 0.5) is 5.13 Å². The van der Waals surface area contributed by atoms with Crippen molar-refractivity contribution in [3.05, 3.63) is 11.9 Å². The number of fused-ring (bicyclic) bond motifs is 1. The molecule has 2 aliphatic rings. The van der Waals surface area contributed by atoms with Crippen LogP contribution in [-0.4, -0.2) is 45.2 Å². The lowest BCUT2D eigenvalue weighted by Gasteiger charge is -2.35. The van der Waals surface area contributed by atoms with Crippen molar-refractivity contribution in [2.24, 2.45) is 5.92 Å². The standard InChI is InChI=1S/C17H27N5S/c1-13-11-22-17(18-13)23-16(20-22)19-15-7-9-21(10-8-15)12-14-5-3-2-4-6-14/h11,14-15H,2-10,12H2,1H3,(H,19,20). The lowest BCUT2D eigenvalue weighted by molar-refractivity contribution is 0.168. The smallest absolute Gasteiger partial charge is 0.214 e. The first kappa shape index (κ1) is 15.4. The van der Waals surface area contributed by atoms with E-state index in [2.05, 4.69) is 20.3 Å². The number of imidazole rings is 1. The quantitative estimate of drug-likeness (QED) is 0.929. The summed E-state index contributed by atoms with van der Waals surface area (Å²) in [4.78, 5) is 8.15. The normalized spacial score (nSPS) is 22.0. The van der Waals surface area contributed by atoms with E-state index in [0.717, 1.165) is 21.7 Å². The highest BCUT2D eigenvalue weighted by Crippen LogP contribution is 2.26. The molecule has 0 unspecified atom stereocenters. The van der Waals surface area contributed by atoms with Gasteiger partial charge in [0.25, 0.3) is 0 Å². The lowest BCUT2D eigenvalue weighted by atomic mass is 9.88. The molecule has 1 aliphatic carbocycles. The zero-order valence-electron chi connectivity index (χ0n) is 14.0. The number of hydrogen-bond donors (Lipinski definition) is 1. The minimum atomic E-state index is 0.564. The van der Waals surface area contributed by atoms with Crippen LogP contribution in [0, 0.1) is 12.8 Å². The molecule has 0 spiro atoms. The Morgan fingerprint density at radius 1 is 1.17 bits per heavy atom. The van der Waals surface area contributed by atoms with Gasteiger partial charge in [-0.25, -0.2) is 9.50 Å². The van der Waals surface area contributed by atoms with E-state index in [1.54, 1.807) is 11.3 Å². The molecule has 6 heteroatoms. The second kappa shape index (κ2) is 6.77. The van der Waals surface area contributed by atoms with E-state index < -0.39 is 0 Å². The van der Waals surface area contributed by atoms with Crippen molar-refractivity contribution in [1.82, 2.24) is 19.5 Å². The van der Waals surface area contributed by atoms with Gasteiger partial charge in [0.2, 0.25) is 10.1 Å². The van der Waals surface area contributed by atoms with E-state index in [1.807, 2.05) is 17.6 Å². The molecule has 3 heterocycles. The largest absolute Gasteiger partial charge is 0.357 e. The van der Waals surface area contributed by atoms with Gasteiger partial charge < -0.3 is 10.2 Å². The summed E-state index contributed by atoms with van der Waals surface area (Å²) in [6.07, 6.45) is 11.7. The molecule has 2 aromatic rings. The number of nitrogens with one attached hydrogen (secondary N) is 1. The lowest BCUT2D eigenvalue weighted by Crippen LogP contribution is -2.41. The summed E-state index contributed by atoms with van der Waals surface area (Å²) in [5.74, 6) is 0.961. The van der Waals surface area contributed by atoms with Crippen molar-refractivity contribution in [2.45, 2.75) is 57.9 Å². The minimum Gasteiger partial charge on any atom is -0.357 e. The van der Waals surface area contributed by atoms with Crippen molar-refractivity contribution in [2.75, 3.05) is 25.0 Å². The number of anilines is 1. The third-order valence-corrected chi connectivity index (χ3v) is 6.17. The summed E-state index contributed by atoms with van der Waals surface area (Å²) in [7, 11) is 0. The summed E-state index contributed by atoms with van der Waals surface area (Å²) in [5.41, 5.74) is 1.03. The van der Waals surface area contributed by atoms with Crippen LogP contribution in [0.1, 0.15) is 50.6 Å². The fourth-order valence-electron chi connectivity index (χ4n) is 4.04. The van der Waals surface area contributed by atoms with Gasteiger partial charge in [0, 0.05) is 25.7 Å². The fourth-order valence-corrected chi connectivity index (χ4v) is 4.94. The predicted molar refractivity (Wildman–Crippen MR) is 95.3 cm³/mol. The Labute approximate surface area is 142 Å². The summed E-state index contributed by atoms with van der Waals surface area (Å²) in [6, 6.07) is 0.564. The number of nitrogens with zero attached hydrogens (tertiary/aromatic N) is 4. The highest BCUT2D eigenvalue weighted by molar-refractivity contribution is 7.20. The van der Waals surface area contributed by atoms with Gasteiger partial charge in [-0.3, -0.25) is 0 Å². The molecule has 126 valence electrons. The third-order valence-electron chi connectivity index (χ3n) is 5.32. The second-order valence-corrected chi connectivity index (χ2v) is 8.20. The Morgan fingerprint density at radius 3 is 2.70 bits per heavy atom. The van der Waals surface area contributed by atoms with Gasteiger partial charge in [-0.15, -0.1) is 5.10 Å². The molecule has 2 aromatic heterocycles. The predicted octanol–water partition coefficient (Wildman–Crippen LogP) is 3.56. The summed E-state index contributed by atoms with van der Waals surface area (Å²) >= 11 is 1.66. The number of aromatic nitrogens is 3. The van der Waals surface area contributed by atoms with Gasteiger partial charge in [-0.2, -0.15) is 0 Å². The van der Waals surface area contributed by atoms with Crippen molar-refractivity contribution >= 4 is 21.4 Å². The van der Waals surface area contributed by atoms with E-state index in [1.165, 1.54) is 64.6 Å². The molecule has 0 radical (unpaired) electrons. The Kier molecular flexibility index (Phi) is 4.53. The Morgan fingerprint density at radius 2 is 1.96 bits per heavy atom. The van der Waals surface area contributed by atoms with Crippen LogP contribution >= 0.6 is 11.3 Å². The molecule has 4 rings (SSSR count). The maximum atomic E-state index is 4.59. The van der Waals surface area contributed by atoms with Gasteiger partial charge in [-0.05, 0) is 38.5 Å². The van der Waals surface area contributed by atoms with Crippen molar-refractivity contribution in [3.8, 4) is 0 Å². The minimum absolute atomic E-state index is 0.564. The molecular formula is C17H27N5S. The molecule has 0 amide bonds. The van der Waals surface area contributed by atoms with E-state index >= 15 is 0 Å². The molecule has 1 N–H and O–H groups in total. The van der Waals surface area contributed by atoms with Gasteiger partial charge >= 0.3 is 0 Å². The van der Waals surface area contributed by atoms with Gasteiger partial charge in [-0.1, -0.05) is 30.6 Å². The van der Waals surface area contributed by atoms with Crippen molar-refractivity contribution < 1.29 is 0 Å². The monoisotopic (exact) mass is 333 g/mol. The summed E-state index contributed by atoms with van der Waals surface area (Å²) < 4.78 is 1.89. The third kappa shape index (κ3) is 3.69. The first-order valence-electron chi connectivity index (χ1n) is 9.08. The number of likely N-dealkylation sites (tertiary alicyclic amines) is 1. The SMILES string of the molecule is Cc1cn2nc(NC3CCN(CC4CCCCC4)CC3)sc2n1. The Balaban J connectivity index is 1.26. The number of aryl methyl sites for hydroxylation is 1. The van der Waals surface area contributed by atoms with Crippen LogP contribution in [0.15, 0.2) is 6.20 Å². The van der Waals surface area contributed by atoms with E-state index in [0.29, 0.717) is 6.04 Å². The molecule has 23 heavy (non-hydrogen) atoms. The van der Waals surface area contributed by atoms with Gasteiger partial charge in [0.05, 0.1) is 11.9 Å². The van der Waals surface area contributed by atoms with Crippen molar-refractivity contribution in [1.29, 1.82) is 0 Å². The van der Waals surface area contributed by atoms with E-state index in [9.17, 15) is 0 Å². The van der Waals surface area contributed by atoms with E-state index in [4.69, 9.17) is 0 Å². The zero-order chi connectivity index (χ0) is 15.6. The van der Waals surface area contributed by atoms with E-state index in [-0.39, 0.29) is 0 Å². The highest BCUT2D eigenvalue weighted by atomic mass is 32.1. The number of piperidine rings is 1. The second-order valence-electron chi connectivity index (χ2n) is 7.24. The molecule has 0 bridgehead atoms. The average Bonchev–Trinajstić information content (AvgIpc) is 3.07. The molecule has 1 aliphatic heterocycles. The van der Waals surface area contributed by atoms with Crippen LogP contribution in [-0.2, 0) is 0 Å². The Hall–Kier alpha value is -1.14. The molecule has 0 aromatic carbocycles. The number of rotatable bonds is 4. The van der Waals surface area contributed by atoms with Crippen molar-refractivity contribution in [3.63, 3.8) is 0 Å². The first-order valence-corrected chi connectivity index (χ1v) is 9.89. The van der Waals surface area contributed by atoms with Gasteiger partial charge in [0.1, 0.15) is 0 Å².